The van der Waals surface area contributed by atoms with Crippen LogP contribution >= 0.6 is 115 Å². The molecule has 10 heteroatoms. The van der Waals surface area contributed by atoms with Crippen LogP contribution in [0.3, 0.4) is 0 Å². The molecule has 0 unspecified atom stereocenters. The predicted octanol–water partition coefficient (Wildman–Crippen LogP) is 12.4. The van der Waals surface area contributed by atoms with Crippen LogP contribution in [0.15, 0.2) is 126 Å². The molecule has 0 fully saturated rings. The van der Waals surface area contributed by atoms with E-state index >= 15 is 0 Å². The van der Waals surface area contributed by atoms with E-state index < -0.39 is 7.59 Å². The van der Waals surface area contributed by atoms with Gasteiger partial charge in [-0.2, -0.15) is 0 Å². The lowest BCUT2D eigenvalue weighted by atomic mass is 10.2. The van der Waals surface area contributed by atoms with E-state index in [9.17, 15) is 0 Å². The fourth-order valence-electron chi connectivity index (χ4n) is 2.99. The largest absolute Gasteiger partial charge is 0.216 e. The molecule has 0 nitrogen and oxygen atoms in total. The fourth-order valence-corrected chi connectivity index (χ4v) is 8.43. The summed E-state index contributed by atoms with van der Waals surface area (Å²) in [6, 6.07) is 31.7. The summed E-state index contributed by atoms with van der Waals surface area (Å²) >= 11 is 40.3. The Morgan fingerprint density at radius 1 is 0.417 bits per heavy atom. The summed E-state index contributed by atoms with van der Waals surface area (Å²) in [4.78, 5) is 6.28. The third kappa shape index (κ3) is 8.26. The summed E-state index contributed by atoms with van der Waals surface area (Å²) in [6.07, 6.45) is 0. The van der Waals surface area contributed by atoms with Crippen molar-refractivity contribution in [2.45, 2.75) is 37.0 Å². The minimum atomic E-state index is -1.51. The van der Waals surface area contributed by atoms with Crippen LogP contribution in [0, 0.1) is 0 Å². The molecular weight excluding hydrogens is 653 g/mol. The molecule has 0 aliphatic heterocycles. The molecule has 4 aromatic carbocycles. The highest BCUT2D eigenvalue weighted by Crippen LogP contribution is 2.50. The number of benzene rings is 4. The van der Waals surface area contributed by atoms with E-state index in [-0.39, 0.29) is 0 Å². The van der Waals surface area contributed by atoms with E-state index in [0.29, 0.717) is 11.1 Å². The van der Waals surface area contributed by atoms with Crippen molar-refractivity contribution in [1.29, 1.82) is 0 Å². The zero-order chi connectivity index (χ0) is 25.8. The minimum Gasteiger partial charge on any atom is -0.0889 e. The van der Waals surface area contributed by atoms with Gasteiger partial charge in [0, 0.05) is 40.5 Å². The van der Waals surface area contributed by atoms with Crippen molar-refractivity contribution >= 4 is 115 Å². The maximum Gasteiger partial charge on any atom is 0.216 e. The van der Waals surface area contributed by atoms with Gasteiger partial charge in [0.15, 0.2) is 0 Å². The predicted molar refractivity (Wildman–Crippen MR) is 164 cm³/mol. The van der Waals surface area contributed by atoms with Crippen molar-refractivity contribution in [2.75, 3.05) is 0 Å². The number of rotatable bonds is 7. The zero-order valence-corrected chi connectivity index (χ0v) is 25.9. The first kappa shape index (κ1) is 29.0. The lowest BCUT2D eigenvalue weighted by molar-refractivity contribution is 1.14. The van der Waals surface area contributed by atoms with Gasteiger partial charge in [0.2, 0.25) is 7.59 Å². The van der Waals surface area contributed by atoms with Crippen LogP contribution in [-0.4, -0.2) is 0 Å². The Hall–Kier alpha value is 0.0200. The highest BCUT2D eigenvalue weighted by molar-refractivity contribution is 8.76. The van der Waals surface area contributed by atoms with E-state index in [2.05, 4.69) is 24.3 Å². The summed E-state index contributed by atoms with van der Waals surface area (Å²) < 4.78 is -3.01. The second-order valence-electron chi connectivity index (χ2n) is 7.32. The van der Waals surface area contributed by atoms with Crippen LogP contribution in [0.4, 0.5) is 0 Å². The standard InChI is InChI=1S/C26H16Cl6S4/c27-25(28,29)17-11-13-21(23(15-17)33-19-7-3-1-4-8-19)35-36-22-14-12-18(26(30,31)32)16-24(22)34-20-9-5-2-6-10-20/h1-16H. The van der Waals surface area contributed by atoms with Gasteiger partial charge in [0.05, 0.1) is 0 Å². The van der Waals surface area contributed by atoms with Crippen molar-refractivity contribution < 1.29 is 0 Å². The normalized spacial score (nSPS) is 12.1. The van der Waals surface area contributed by atoms with Gasteiger partial charge in [-0.3, -0.25) is 0 Å². The highest BCUT2D eigenvalue weighted by atomic mass is 35.6. The second kappa shape index (κ2) is 12.9. The summed E-state index contributed by atoms with van der Waals surface area (Å²) in [5, 5.41) is 0. The Bertz CT molecular complexity index is 1200. The number of hydrogen-bond acceptors (Lipinski definition) is 4. The lowest BCUT2D eigenvalue weighted by Crippen LogP contribution is -2.00. The maximum absolute atomic E-state index is 6.18. The molecule has 186 valence electrons. The Kier molecular flexibility index (Phi) is 10.4. The number of hydrogen-bond donors (Lipinski definition) is 0. The van der Waals surface area contributed by atoms with Crippen LogP contribution in [0.5, 0.6) is 0 Å². The van der Waals surface area contributed by atoms with Gasteiger partial charge < -0.3 is 0 Å². The van der Waals surface area contributed by atoms with Crippen molar-refractivity contribution in [1.82, 2.24) is 0 Å². The third-order valence-corrected chi connectivity index (χ3v) is 10.9. The summed E-state index contributed by atoms with van der Waals surface area (Å²) in [5.74, 6) is 0. The maximum atomic E-state index is 6.18. The summed E-state index contributed by atoms with van der Waals surface area (Å²) in [5.41, 5.74) is 1.24. The zero-order valence-electron chi connectivity index (χ0n) is 18.1. The molecule has 0 bridgehead atoms. The molecule has 0 aliphatic carbocycles. The monoisotopic (exact) mass is 666 g/mol. The highest BCUT2D eigenvalue weighted by Gasteiger charge is 2.26. The summed E-state index contributed by atoms with van der Waals surface area (Å²) in [6.45, 7) is 0. The molecule has 4 aromatic rings. The Balaban J connectivity index is 1.65. The average Bonchev–Trinajstić information content (AvgIpc) is 2.84. The average molecular weight is 669 g/mol. The molecule has 0 saturated heterocycles. The molecule has 0 aromatic heterocycles. The van der Waals surface area contributed by atoms with Gasteiger partial charge in [0.25, 0.3) is 0 Å². The van der Waals surface area contributed by atoms with Crippen LogP contribution in [0.1, 0.15) is 11.1 Å². The minimum absolute atomic E-state index is 0.618. The number of halogens is 6. The van der Waals surface area contributed by atoms with Crippen LogP contribution in [0.2, 0.25) is 0 Å². The Morgan fingerprint density at radius 2 is 0.778 bits per heavy atom. The first-order valence-electron chi connectivity index (χ1n) is 10.3. The van der Waals surface area contributed by atoms with Gasteiger partial charge >= 0.3 is 0 Å². The van der Waals surface area contributed by atoms with Gasteiger partial charge in [-0.25, -0.2) is 0 Å². The third-order valence-electron chi connectivity index (χ3n) is 4.71. The first-order chi connectivity index (χ1) is 17.1. The Labute approximate surface area is 257 Å². The number of alkyl halides is 6. The van der Waals surface area contributed by atoms with Crippen LogP contribution < -0.4 is 0 Å². The van der Waals surface area contributed by atoms with Crippen LogP contribution in [0.25, 0.3) is 0 Å². The van der Waals surface area contributed by atoms with Crippen molar-refractivity contribution in [3.63, 3.8) is 0 Å². The second-order valence-corrected chi connectivity index (χ2v) is 16.3. The van der Waals surface area contributed by atoms with Gasteiger partial charge in [0.1, 0.15) is 0 Å². The van der Waals surface area contributed by atoms with E-state index in [4.69, 9.17) is 69.6 Å². The molecule has 0 N–H and O–H groups in total. The molecule has 0 spiro atoms. The molecule has 0 saturated carbocycles. The lowest BCUT2D eigenvalue weighted by Gasteiger charge is -2.17. The van der Waals surface area contributed by atoms with Crippen LogP contribution in [-0.2, 0) is 7.59 Å². The van der Waals surface area contributed by atoms with E-state index in [0.717, 1.165) is 29.4 Å². The molecule has 0 heterocycles. The molecule has 0 amide bonds. The van der Waals surface area contributed by atoms with Crippen molar-refractivity contribution in [3.8, 4) is 0 Å². The summed E-state index contributed by atoms with van der Waals surface area (Å²) in [7, 11) is 3.26. The quantitative estimate of drug-likeness (QED) is 0.142. The van der Waals surface area contributed by atoms with Crippen molar-refractivity contribution in [3.05, 3.63) is 108 Å². The van der Waals surface area contributed by atoms with E-state index in [1.165, 1.54) is 0 Å². The van der Waals surface area contributed by atoms with Gasteiger partial charge in [-0.05, 0) is 48.5 Å². The van der Waals surface area contributed by atoms with Crippen molar-refractivity contribution in [2.24, 2.45) is 0 Å². The van der Waals surface area contributed by atoms with Gasteiger partial charge in [-0.15, -0.1) is 0 Å². The fraction of sp³-hybridized carbons (Fsp3) is 0.0769. The molecule has 0 aliphatic rings. The topological polar surface area (TPSA) is 0 Å². The molecule has 0 atom stereocenters. The first-order valence-corrected chi connectivity index (χ1v) is 16.4. The smallest absolute Gasteiger partial charge is 0.0889 e. The van der Waals surface area contributed by atoms with Gasteiger partial charge in [-0.1, -0.05) is 163 Å². The molecule has 36 heavy (non-hydrogen) atoms. The van der Waals surface area contributed by atoms with E-state index in [1.54, 1.807) is 45.1 Å². The molecular formula is C26H16Cl6S4. The molecule has 4 rings (SSSR count). The SMILES string of the molecule is ClC(Cl)(Cl)c1ccc(SSc2ccc(C(Cl)(Cl)Cl)cc2Sc2ccccc2)c(Sc2ccccc2)c1. The molecule has 0 radical (unpaired) electrons. The van der Waals surface area contributed by atoms with E-state index in [1.807, 2.05) is 72.8 Å². The Morgan fingerprint density at radius 3 is 1.11 bits per heavy atom.